The third-order valence-electron chi connectivity index (χ3n) is 5.37. The van der Waals surface area contributed by atoms with Gasteiger partial charge in [0.15, 0.2) is 6.61 Å². The first kappa shape index (κ1) is 24.1. The summed E-state index contributed by atoms with van der Waals surface area (Å²) in [4.78, 5) is 29.9. The van der Waals surface area contributed by atoms with Gasteiger partial charge in [-0.05, 0) is 49.7 Å². The number of pyridine rings is 1. The van der Waals surface area contributed by atoms with E-state index in [0.29, 0.717) is 16.6 Å². The first-order valence-electron chi connectivity index (χ1n) is 10.7. The minimum absolute atomic E-state index is 0.144. The average molecular weight is 490 g/mol. The van der Waals surface area contributed by atoms with E-state index in [1.165, 1.54) is 24.3 Å². The van der Waals surface area contributed by atoms with Crippen molar-refractivity contribution in [2.24, 2.45) is 5.14 Å². The van der Waals surface area contributed by atoms with Gasteiger partial charge in [0.25, 0.3) is 5.91 Å². The monoisotopic (exact) mass is 489 g/mol. The van der Waals surface area contributed by atoms with Crippen molar-refractivity contribution >= 4 is 38.5 Å². The van der Waals surface area contributed by atoms with E-state index < -0.39 is 28.5 Å². The lowest BCUT2D eigenvalue weighted by atomic mass is 9.99. The minimum Gasteiger partial charge on any atom is -0.452 e. The Hall–Kier alpha value is -4.08. The van der Waals surface area contributed by atoms with E-state index >= 15 is 0 Å². The van der Waals surface area contributed by atoms with Crippen LogP contribution >= 0.6 is 0 Å². The first-order valence-corrected chi connectivity index (χ1v) is 12.2. The number of hydrogen-bond donors (Lipinski definition) is 2. The summed E-state index contributed by atoms with van der Waals surface area (Å²) in [7, 11) is -3.92. The molecule has 0 saturated heterocycles. The molecule has 3 N–H and O–H groups in total. The van der Waals surface area contributed by atoms with E-state index in [1.807, 2.05) is 44.2 Å². The number of amides is 1. The Labute approximate surface area is 202 Å². The molecule has 0 saturated carbocycles. The van der Waals surface area contributed by atoms with Crippen molar-refractivity contribution in [1.82, 2.24) is 4.98 Å². The zero-order valence-electron chi connectivity index (χ0n) is 19.1. The lowest BCUT2D eigenvalue weighted by Gasteiger charge is -2.12. The van der Waals surface area contributed by atoms with Gasteiger partial charge >= 0.3 is 5.97 Å². The molecule has 1 amide bonds. The van der Waals surface area contributed by atoms with Crippen LogP contribution in [0.1, 0.15) is 21.5 Å². The van der Waals surface area contributed by atoms with E-state index in [-0.39, 0.29) is 16.1 Å². The van der Waals surface area contributed by atoms with Crippen LogP contribution in [0.5, 0.6) is 0 Å². The number of carbonyl (C=O) groups excluding carboxylic acids is 2. The molecule has 3 aromatic carbocycles. The Bertz CT molecular complexity index is 1560. The Kier molecular flexibility index (Phi) is 6.63. The SMILES string of the molecule is Cc1ccc(-c2cc(C(=O)OCC(=O)Nc3cccc(S(N)(=O)=O)c3)c3ccccc3n2)c(C)c1. The number of hydrogen-bond acceptors (Lipinski definition) is 6. The van der Waals surface area contributed by atoms with Gasteiger partial charge in [0.1, 0.15) is 0 Å². The van der Waals surface area contributed by atoms with E-state index in [1.54, 1.807) is 18.2 Å². The van der Waals surface area contributed by atoms with Gasteiger partial charge in [-0.1, -0.05) is 48.0 Å². The fourth-order valence-electron chi connectivity index (χ4n) is 3.74. The number of fused-ring (bicyclic) bond motifs is 1. The second kappa shape index (κ2) is 9.65. The number of aromatic nitrogens is 1. The number of nitrogens with two attached hydrogens (primary N) is 1. The Morgan fingerprint density at radius 3 is 2.49 bits per heavy atom. The summed E-state index contributed by atoms with van der Waals surface area (Å²) in [6.07, 6.45) is 0. The van der Waals surface area contributed by atoms with Crippen LogP contribution in [-0.2, 0) is 19.6 Å². The molecule has 0 aliphatic carbocycles. The molecule has 0 aliphatic heterocycles. The molecule has 1 heterocycles. The van der Waals surface area contributed by atoms with Crippen LogP contribution in [0.4, 0.5) is 5.69 Å². The number of rotatable bonds is 6. The number of aryl methyl sites for hydroxylation is 2. The lowest BCUT2D eigenvalue weighted by molar-refractivity contribution is -0.119. The van der Waals surface area contributed by atoms with Gasteiger partial charge in [-0.15, -0.1) is 0 Å². The molecule has 0 radical (unpaired) electrons. The molecule has 0 aliphatic rings. The highest BCUT2D eigenvalue weighted by atomic mass is 32.2. The predicted molar refractivity (Wildman–Crippen MR) is 133 cm³/mol. The van der Waals surface area contributed by atoms with Gasteiger partial charge in [-0.2, -0.15) is 0 Å². The number of primary sulfonamides is 1. The average Bonchev–Trinajstić information content (AvgIpc) is 2.81. The second-order valence-electron chi connectivity index (χ2n) is 8.09. The van der Waals surface area contributed by atoms with Crippen molar-refractivity contribution < 1.29 is 22.7 Å². The quantitative estimate of drug-likeness (QED) is 0.395. The zero-order valence-corrected chi connectivity index (χ0v) is 19.9. The molecule has 4 aromatic rings. The number of anilines is 1. The van der Waals surface area contributed by atoms with Gasteiger partial charge < -0.3 is 10.1 Å². The van der Waals surface area contributed by atoms with Crippen molar-refractivity contribution in [3.05, 3.63) is 89.5 Å². The highest BCUT2D eigenvalue weighted by Crippen LogP contribution is 2.28. The summed E-state index contributed by atoms with van der Waals surface area (Å²) in [5, 5.41) is 8.22. The number of sulfonamides is 1. The summed E-state index contributed by atoms with van der Waals surface area (Å²) in [6.45, 7) is 3.42. The fourth-order valence-corrected chi connectivity index (χ4v) is 4.30. The molecule has 0 unspecified atom stereocenters. The van der Waals surface area contributed by atoms with Crippen molar-refractivity contribution in [2.75, 3.05) is 11.9 Å². The van der Waals surface area contributed by atoms with Gasteiger partial charge in [-0.25, -0.2) is 23.3 Å². The van der Waals surface area contributed by atoms with Gasteiger partial charge in [-0.3, -0.25) is 4.79 Å². The van der Waals surface area contributed by atoms with E-state index in [2.05, 4.69) is 5.32 Å². The molecule has 8 nitrogen and oxygen atoms in total. The standard InChI is InChI=1S/C26H23N3O5S/c1-16-10-11-20(17(2)12-16)24-14-22(21-8-3-4-9-23(21)29-24)26(31)34-15-25(30)28-18-6-5-7-19(13-18)35(27,32)33/h3-14H,15H2,1-2H3,(H,28,30)(H2,27,32,33). The van der Waals surface area contributed by atoms with Crippen LogP contribution < -0.4 is 10.5 Å². The van der Waals surface area contributed by atoms with Gasteiger partial charge in [0, 0.05) is 16.6 Å². The van der Waals surface area contributed by atoms with E-state index in [0.717, 1.165) is 16.7 Å². The molecule has 9 heteroatoms. The van der Waals surface area contributed by atoms with Crippen LogP contribution in [0.3, 0.4) is 0 Å². The van der Waals surface area contributed by atoms with Crippen LogP contribution in [0.15, 0.2) is 77.7 Å². The van der Waals surface area contributed by atoms with Crippen molar-refractivity contribution in [3.8, 4) is 11.3 Å². The Morgan fingerprint density at radius 2 is 1.74 bits per heavy atom. The molecule has 0 bridgehead atoms. The van der Waals surface area contributed by atoms with Gasteiger partial charge in [0.05, 0.1) is 21.7 Å². The number of para-hydroxylation sites is 1. The molecule has 0 atom stereocenters. The lowest BCUT2D eigenvalue weighted by Crippen LogP contribution is -2.21. The van der Waals surface area contributed by atoms with Gasteiger partial charge in [0.2, 0.25) is 10.0 Å². The van der Waals surface area contributed by atoms with Crippen LogP contribution in [-0.4, -0.2) is 31.9 Å². The maximum Gasteiger partial charge on any atom is 0.339 e. The molecular weight excluding hydrogens is 466 g/mol. The van der Waals surface area contributed by atoms with Crippen molar-refractivity contribution in [3.63, 3.8) is 0 Å². The van der Waals surface area contributed by atoms with Crippen LogP contribution in [0.2, 0.25) is 0 Å². The molecule has 178 valence electrons. The largest absolute Gasteiger partial charge is 0.452 e. The molecule has 0 fully saturated rings. The number of carbonyl (C=O) groups is 2. The maximum absolute atomic E-state index is 13.0. The maximum atomic E-state index is 13.0. The molecule has 35 heavy (non-hydrogen) atoms. The fraction of sp³-hybridized carbons (Fsp3) is 0.115. The number of nitrogens with one attached hydrogen (secondary N) is 1. The first-order chi connectivity index (χ1) is 16.6. The number of nitrogens with zero attached hydrogens (tertiary/aromatic N) is 1. The summed E-state index contributed by atoms with van der Waals surface area (Å²) >= 11 is 0. The van der Waals surface area contributed by atoms with Crippen LogP contribution in [0, 0.1) is 13.8 Å². The van der Waals surface area contributed by atoms with E-state index in [4.69, 9.17) is 14.9 Å². The van der Waals surface area contributed by atoms with Crippen molar-refractivity contribution in [1.29, 1.82) is 0 Å². The topological polar surface area (TPSA) is 128 Å². The highest BCUT2D eigenvalue weighted by molar-refractivity contribution is 7.89. The summed E-state index contributed by atoms with van der Waals surface area (Å²) in [5.74, 6) is -1.30. The molecule has 1 aromatic heterocycles. The highest BCUT2D eigenvalue weighted by Gasteiger charge is 2.18. The second-order valence-corrected chi connectivity index (χ2v) is 9.65. The molecular formula is C26H23N3O5S. The molecule has 0 spiro atoms. The summed E-state index contributed by atoms with van der Waals surface area (Å²) < 4.78 is 28.3. The third kappa shape index (κ3) is 5.53. The van der Waals surface area contributed by atoms with Crippen molar-refractivity contribution in [2.45, 2.75) is 18.7 Å². The summed E-state index contributed by atoms with van der Waals surface area (Å²) in [5.41, 5.74) is 4.78. The smallest absolute Gasteiger partial charge is 0.339 e. The predicted octanol–water partition coefficient (Wildman–Crippen LogP) is 3.96. The molecule has 4 rings (SSSR count). The normalized spacial score (nSPS) is 11.3. The van der Waals surface area contributed by atoms with Crippen LogP contribution in [0.25, 0.3) is 22.2 Å². The zero-order chi connectivity index (χ0) is 25.2. The Balaban J connectivity index is 1.56. The number of benzene rings is 3. The number of ether oxygens (including phenoxy) is 1. The Morgan fingerprint density at radius 1 is 0.971 bits per heavy atom. The minimum atomic E-state index is -3.92. The number of esters is 1. The summed E-state index contributed by atoms with van der Waals surface area (Å²) in [6, 6.07) is 20.3. The van der Waals surface area contributed by atoms with E-state index in [9.17, 15) is 18.0 Å². The third-order valence-corrected chi connectivity index (χ3v) is 6.29.